The molecule has 0 aromatic heterocycles. The van der Waals surface area contributed by atoms with E-state index in [9.17, 15) is 14.3 Å². The van der Waals surface area contributed by atoms with Crippen LogP contribution in [0.25, 0.3) is 0 Å². The number of benzene rings is 1. The van der Waals surface area contributed by atoms with Crippen molar-refractivity contribution in [2.24, 2.45) is 4.99 Å². The zero-order valence-corrected chi connectivity index (χ0v) is 13.8. The van der Waals surface area contributed by atoms with Crippen LogP contribution in [-0.2, 0) is 4.74 Å². The Bertz CT molecular complexity index is 717. The van der Waals surface area contributed by atoms with Crippen molar-refractivity contribution in [2.75, 3.05) is 26.3 Å². The number of phenols is 1. The maximum absolute atomic E-state index is 14.1. The van der Waals surface area contributed by atoms with Gasteiger partial charge < -0.3 is 20.1 Å². The Kier molecular flexibility index (Phi) is 4.86. The fraction of sp³-hybridized carbons (Fsp3) is 0.375. The fourth-order valence-electron chi connectivity index (χ4n) is 2.56. The van der Waals surface area contributed by atoms with Gasteiger partial charge in [0.15, 0.2) is 11.6 Å². The van der Waals surface area contributed by atoms with Gasteiger partial charge in [0.25, 0.3) is 5.91 Å². The normalized spacial score (nSPS) is 23.4. The van der Waals surface area contributed by atoms with E-state index in [4.69, 9.17) is 4.74 Å². The van der Waals surface area contributed by atoms with Crippen LogP contribution in [0.1, 0.15) is 17.3 Å². The van der Waals surface area contributed by atoms with Crippen molar-refractivity contribution in [3.05, 3.63) is 41.5 Å². The Hall–Kier alpha value is -2.65. The first kappa shape index (κ1) is 17.2. The molecule has 0 aliphatic carbocycles. The van der Waals surface area contributed by atoms with Crippen LogP contribution < -0.4 is 16.2 Å². The minimum absolute atomic E-state index is 0.119. The number of phenolic OH excluding ortho intramolecular Hbond substituents is 1. The summed E-state index contributed by atoms with van der Waals surface area (Å²) in [4.78, 5) is 18.1. The molecular weight excluding hydrogens is 329 g/mol. The number of carbonyl (C=O) groups excluding carboxylic acids is 1. The van der Waals surface area contributed by atoms with Gasteiger partial charge in [-0.2, -0.15) is 5.43 Å². The maximum atomic E-state index is 14.1. The molecule has 2 aliphatic rings. The summed E-state index contributed by atoms with van der Waals surface area (Å²) in [5, 5.41) is 12.7. The van der Waals surface area contributed by atoms with Gasteiger partial charge in [0.05, 0.1) is 25.0 Å². The summed E-state index contributed by atoms with van der Waals surface area (Å²) in [6, 6.07) is 6.17. The molecule has 2 heterocycles. The standard InChI is InChI=1S/C16H20FN5O3/c1-16(21-20-15(24)11-4-2-3-5-13(11)23)18-10-12(17)14(19-16)22-6-8-25-9-7-22/h2-5,10,19,21,23H,6-9H2,1H3,(H,20,24). The Morgan fingerprint density at radius 3 is 2.84 bits per heavy atom. The zero-order valence-electron chi connectivity index (χ0n) is 13.8. The summed E-state index contributed by atoms with van der Waals surface area (Å²) in [6.07, 6.45) is 1.11. The number of hydrogen-bond donors (Lipinski definition) is 4. The van der Waals surface area contributed by atoms with Gasteiger partial charge in [-0.1, -0.05) is 12.1 Å². The quantitative estimate of drug-likeness (QED) is 0.589. The highest BCUT2D eigenvalue weighted by Crippen LogP contribution is 2.19. The van der Waals surface area contributed by atoms with Gasteiger partial charge in [-0.15, -0.1) is 0 Å². The number of ether oxygens (including phenoxy) is 1. The number of carbonyl (C=O) groups is 1. The van der Waals surface area contributed by atoms with Crippen molar-refractivity contribution in [2.45, 2.75) is 12.7 Å². The van der Waals surface area contributed by atoms with Gasteiger partial charge in [-0.3, -0.25) is 10.2 Å². The average Bonchev–Trinajstić information content (AvgIpc) is 2.63. The molecule has 4 N–H and O–H groups in total. The molecule has 1 atom stereocenters. The highest BCUT2D eigenvalue weighted by Gasteiger charge is 2.31. The second-order valence-corrected chi connectivity index (χ2v) is 5.85. The SMILES string of the molecule is CC1(NNC(=O)c2ccccc2O)N=CC(F)=C(N2CCOCC2)N1. The van der Waals surface area contributed by atoms with Crippen LogP contribution in [-0.4, -0.2) is 54.2 Å². The lowest BCUT2D eigenvalue weighted by Crippen LogP contribution is -2.62. The number of aliphatic imine (C=N–C) groups is 1. The molecule has 1 unspecified atom stereocenters. The third kappa shape index (κ3) is 3.89. The molecule has 0 spiro atoms. The van der Waals surface area contributed by atoms with E-state index in [2.05, 4.69) is 21.2 Å². The van der Waals surface area contributed by atoms with Crippen LogP contribution in [0.15, 0.2) is 40.9 Å². The van der Waals surface area contributed by atoms with Crippen LogP contribution in [0.2, 0.25) is 0 Å². The predicted octanol–water partition coefficient (Wildman–Crippen LogP) is 0.445. The third-order valence-electron chi connectivity index (χ3n) is 3.92. The van der Waals surface area contributed by atoms with E-state index in [-0.39, 0.29) is 11.3 Å². The van der Waals surface area contributed by atoms with E-state index in [0.29, 0.717) is 32.1 Å². The van der Waals surface area contributed by atoms with E-state index in [0.717, 1.165) is 6.21 Å². The molecule has 0 radical (unpaired) electrons. The van der Waals surface area contributed by atoms with Crippen LogP contribution in [0.3, 0.4) is 0 Å². The van der Waals surface area contributed by atoms with E-state index in [1.54, 1.807) is 19.1 Å². The molecule has 8 nitrogen and oxygen atoms in total. The highest BCUT2D eigenvalue weighted by atomic mass is 19.1. The number of para-hydroxylation sites is 1. The molecule has 0 saturated carbocycles. The summed E-state index contributed by atoms with van der Waals surface area (Å²) in [5.41, 5.74) is 5.33. The number of nitrogens with zero attached hydrogens (tertiary/aromatic N) is 2. The minimum Gasteiger partial charge on any atom is -0.507 e. The number of nitrogens with one attached hydrogen (secondary N) is 3. The maximum Gasteiger partial charge on any atom is 0.269 e. The van der Waals surface area contributed by atoms with Gasteiger partial charge in [0, 0.05) is 13.1 Å². The smallest absolute Gasteiger partial charge is 0.269 e. The number of morpholine rings is 1. The number of amides is 1. The van der Waals surface area contributed by atoms with Crippen LogP contribution in [0, 0.1) is 0 Å². The Labute approximate surface area is 144 Å². The van der Waals surface area contributed by atoms with Gasteiger partial charge in [-0.25, -0.2) is 9.38 Å². The number of halogens is 1. The van der Waals surface area contributed by atoms with Gasteiger partial charge in [0.2, 0.25) is 0 Å². The number of hydrogen-bond acceptors (Lipinski definition) is 7. The topological polar surface area (TPSA) is 98.2 Å². The monoisotopic (exact) mass is 349 g/mol. The summed E-state index contributed by atoms with van der Waals surface area (Å²) >= 11 is 0. The summed E-state index contributed by atoms with van der Waals surface area (Å²) in [5.74, 6) is -1.98. The molecule has 9 heteroatoms. The third-order valence-corrected chi connectivity index (χ3v) is 3.92. The number of allylic oxidation sites excluding steroid dienone is 1. The minimum atomic E-state index is -1.14. The summed E-state index contributed by atoms with van der Waals surface area (Å²) in [7, 11) is 0. The molecule has 1 aromatic rings. The molecule has 1 fully saturated rings. The Morgan fingerprint density at radius 1 is 1.40 bits per heavy atom. The molecule has 25 heavy (non-hydrogen) atoms. The van der Waals surface area contributed by atoms with Crippen LogP contribution in [0.4, 0.5) is 4.39 Å². The average molecular weight is 349 g/mol. The number of hydrazine groups is 1. The molecule has 2 aliphatic heterocycles. The molecule has 3 rings (SSSR count). The van der Waals surface area contributed by atoms with Crippen molar-refractivity contribution in [1.29, 1.82) is 0 Å². The molecule has 1 aromatic carbocycles. The molecular formula is C16H20FN5O3. The molecule has 134 valence electrons. The van der Waals surface area contributed by atoms with Crippen molar-refractivity contribution in [3.8, 4) is 5.75 Å². The first-order chi connectivity index (χ1) is 12.0. The van der Waals surface area contributed by atoms with Gasteiger partial charge in [-0.05, 0) is 19.1 Å². The lowest BCUT2D eigenvalue weighted by molar-refractivity contribution is 0.0444. The summed E-state index contributed by atoms with van der Waals surface area (Å²) < 4.78 is 19.4. The fourth-order valence-corrected chi connectivity index (χ4v) is 2.56. The number of rotatable bonds is 4. The summed E-state index contributed by atoms with van der Waals surface area (Å²) in [6.45, 7) is 3.81. The number of aromatic hydroxyl groups is 1. The lowest BCUT2D eigenvalue weighted by atomic mass is 10.2. The second kappa shape index (κ2) is 7.08. The molecule has 0 bridgehead atoms. The Balaban J connectivity index is 1.65. The first-order valence-corrected chi connectivity index (χ1v) is 7.90. The molecule has 1 amide bonds. The van der Waals surface area contributed by atoms with E-state index >= 15 is 0 Å². The van der Waals surface area contributed by atoms with Crippen molar-refractivity contribution < 1.29 is 19.0 Å². The van der Waals surface area contributed by atoms with Gasteiger partial charge in [0.1, 0.15) is 11.6 Å². The van der Waals surface area contributed by atoms with Crippen LogP contribution >= 0.6 is 0 Å². The first-order valence-electron chi connectivity index (χ1n) is 7.90. The largest absolute Gasteiger partial charge is 0.507 e. The second-order valence-electron chi connectivity index (χ2n) is 5.85. The zero-order chi connectivity index (χ0) is 17.9. The van der Waals surface area contributed by atoms with E-state index in [1.165, 1.54) is 12.1 Å². The van der Waals surface area contributed by atoms with E-state index in [1.807, 2.05) is 4.90 Å². The highest BCUT2D eigenvalue weighted by molar-refractivity contribution is 5.96. The molecule has 1 saturated heterocycles. The van der Waals surface area contributed by atoms with Crippen LogP contribution in [0.5, 0.6) is 5.75 Å². The van der Waals surface area contributed by atoms with Crippen molar-refractivity contribution >= 4 is 12.1 Å². The van der Waals surface area contributed by atoms with Crippen molar-refractivity contribution in [3.63, 3.8) is 0 Å². The predicted molar refractivity (Wildman–Crippen MR) is 89.3 cm³/mol. The van der Waals surface area contributed by atoms with Gasteiger partial charge >= 0.3 is 0 Å². The lowest BCUT2D eigenvalue weighted by Gasteiger charge is -2.38. The Morgan fingerprint density at radius 2 is 2.12 bits per heavy atom. The van der Waals surface area contributed by atoms with E-state index < -0.39 is 17.5 Å². The van der Waals surface area contributed by atoms with Crippen molar-refractivity contribution in [1.82, 2.24) is 21.1 Å².